The van der Waals surface area contributed by atoms with Crippen molar-refractivity contribution in [2.45, 2.75) is 26.3 Å². The quantitative estimate of drug-likeness (QED) is 0.736. The monoisotopic (exact) mass is 213 g/mol. The van der Waals surface area contributed by atoms with Crippen molar-refractivity contribution in [2.75, 3.05) is 24.4 Å². The van der Waals surface area contributed by atoms with Crippen LogP contribution in [0.15, 0.2) is 6.20 Å². The van der Waals surface area contributed by atoms with Gasteiger partial charge in [-0.05, 0) is 31.8 Å². The minimum absolute atomic E-state index is 0.978. The predicted molar refractivity (Wildman–Crippen MR) is 64.1 cm³/mol. The van der Waals surface area contributed by atoms with Gasteiger partial charge in [0.1, 0.15) is 0 Å². The van der Waals surface area contributed by atoms with E-state index in [-0.39, 0.29) is 0 Å². The lowest BCUT2D eigenvalue weighted by atomic mass is 10.3. The Morgan fingerprint density at radius 1 is 1.50 bits per heavy atom. The molecular weight excluding hydrogens is 194 g/mol. The number of hydrogen-bond donors (Lipinski definition) is 1. The summed E-state index contributed by atoms with van der Waals surface area (Å²) < 4.78 is 2.19. The Labute approximate surface area is 90.3 Å². The molecule has 0 unspecified atom stereocenters. The van der Waals surface area contributed by atoms with E-state index in [1.165, 1.54) is 18.6 Å². The van der Waals surface area contributed by atoms with E-state index in [0.29, 0.717) is 0 Å². The van der Waals surface area contributed by atoms with Gasteiger partial charge in [0.05, 0.1) is 5.69 Å². The molecule has 1 N–H and O–H groups in total. The van der Waals surface area contributed by atoms with Crippen LogP contribution < -0.4 is 5.32 Å². The number of imidazole rings is 1. The third kappa shape index (κ3) is 3.25. The van der Waals surface area contributed by atoms with Gasteiger partial charge in [-0.25, -0.2) is 4.98 Å². The Hall–Kier alpha value is -0.640. The Bertz CT molecular complexity index is 270. The standard InChI is InChI=1S/C10H19N3S/c1-9-8-13(10(11-2)12-9)6-4-5-7-14-3/h8H,4-7H2,1-3H3,(H,11,12). The molecule has 0 saturated heterocycles. The first-order valence-corrected chi connectivity index (χ1v) is 6.37. The Morgan fingerprint density at radius 3 is 2.93 bits per heavy atom. The van der Waals surface area contributed by atoms with E-state index >= 15 is 0 Å². The van der Waals surface area contributed by atoms with E-state index in [2.05, 4.69) is 27.3 Å². The number of nitrogens with zero attached hydrogens (tertiary/aromatic N) is 2. The Morgan fingerprint density at radius 2 is 2.29 bits per heavy atom. The van der Waals surface area contributed by atoms with Gasteiger partial charge >= 0.3 is 0 Å². The lowest BCUT2D eigenvalue weighted by Crippen LogP contribution is -2.03. The molecule has 0 fully saturated rings. The summed E-state index contributed by atoms with van der Waals surface area (Å²) in [5.41, 5.74) is 1.08. The fourth-order valence-electron chi connectivity index (χ4n) is 1.45. The first-order valence-electron chi connectivity index (χ1n) is 4.98. The number of aromatic nitrogens is 2. The van der Waals surface area contributed by atoms with Crippen LogP contribution in [0.3, 0.4) is 0 Å². The van der Waals surface area contributed by atoms with Crippen LogP contribution in [-0.4, -0.2) is 28.6 Å². The number of thioether (sulfide) groups is 1. The largest absolute Gasteiger partial charge is 0.359 e. The summed E-state index contributed by atoms with van der Waals surface area (Å²) in [6.07, 6.45) is 6.76. The average molecular weight is 213 g/mol. The fraction of sp³-hybridized carbons (Fsp3) is 0.700. The van der Waals surface area contributed by atoms with Crippen molar-refractivity contribution in [2.24, 2.45) is 0 Å². The highest BCUT2D eigenvalue weighted by molar-refractivity contribution is 7.98. The molecule has 4 heteroatoms. The third-order valence-electron chi connectivity index (χ3n) is 2.12. The van der Waals surface area contributed by atoms with E-state index in [1.54, 1.807) is 0 Å². The number of anilines is 1. The lowest BCUT2D eigenvalue weighted by molar-refractivity contribution is 0.640. The van der Waals surface area contributed by atoms with Crippen molar-refractivity contribution >= 4 is 17.7 Å². The molecule has 0 spiro atoms. The van der Waals surface area contributed by atoms with Gasteiger partial charge in [0.2, 0.25) is 5.95 Å². The van der Waals surface area contributed by atoms with E-state index in [9.17, 15) is 0 Å². The summed E-state index contributed by atoms with van der Waals surface area (Å²) in [4.78, 5) is 4.37. The molecule has 0 aliphatic rings. The van der Waals surface area contributed by atoms with Crippen LogP contribution >= 0.6 is 11.8 Å². The van der Waals surface area contributed by atoms with Crippen LogP contribution in [0.4, 0.5) is 5.95 Å². The molecule has 14 heavy (non-hydrogen) atoms. The van der Waals surface area contributed by atoms with Crippen LogP contribution in [0.2, 0.25) is 0 Å². The van der Waals surface area contributed by atoms with Gasteiger partial charge in [0, 0.05) is 19.8 Å². The van der Waals surface area contributed by atoms with Crippen LogP contribution in [0.5, 0.6) is 0 Å². The molecule has 0 aliphatic heterocycles. The SMILES string of the molecule is CNc1nc(C)cn1CCCCSC. The van der Waals surface area contributed by atoms with Gasteiger partial charge < -0.3 is 9.88 Å². The van der Waals surface area contributed by atoms with Crippen LogP contribution in [0, 0.1) is 6.92 Å². The van der Waals surface area contributed by atoms with Crippen molar-refractivity contribution in [1.29, 1.82) is 0 Å². The second-order valence-corrected chi connectivity index (χ2v) is 4.33. The second-order valence-electron chi connectivity index (χ2n) is 3.35. The normalized spacial score (nSPS) is 10.5. The maximum atomic E-state index is 4.37. The fourth-order valence-corrected chi connectivity index (χ4v) is 1.94. The molecule has 0 amide bonds. The van der Waals surface area contributed by atoms with Gasteiger partial charge in [-0.3, -0.25) is 0 Å². The Kier molecular flexibility index (Phi) is 4.87. The summed E-state index contributed by atoms with van der Waals surface area (Å²) in [5.74, 6) is 2.23. The van der Waals surface area contributed by atoms with Gasteiger partial charge in [0.25, 0.3) is 0 Å². The molecule has 0 saturated carbocycles. The van der Waals surface area contributed by atoms with E-state index < -0.39 is 0 Å². The minimum atomic E-state index is 0.978. The second kappa shape index (κ2) is 5.96. The maximum Gasteiger partial charge on any atom is 0.202 e. The minimum Gasteiger partial charge on any atom is -0.359 e. The van der Waals surface area contributed by atoms with Gasteiger partial charge in [-0.15, -0.1) is 0 Å². The van der Waals surface area contributed by atoms with Crippen LogP contribution in [0.1, 0.15) is 18.5 Å². The molecule has 1 aromatic rings. The molecule has 1 heterocycles. The predicted octanol–water partition coefficient (Wildman–Crippen LogP) is 2.38. The molecule has 80 valence electrons. The molecular formula is C10H19N3S. The average Bonchev–Trinajstić information content (AvgIpc) is 2.54. The Balaban J connectivity index is 2.41. The summed E-state index contributed by atoms with van der Waals surface area (Å²) >= 11 is 1.91. The first-order chi connectivity index (χ1) is 6.77. The van der Waals surface area contributed by atoms with Crippen molar-refractivity contribution < 1.29 is 0 Å². The summed E-state index contributed by atoms with van der Waals surface area (Å²) in [6.45, 7) is 3.09. The number of aryl methyl sites for hydroxylation is 2. The summed E-state index contributed by atoms with van der Waals surface area (Å²) in [7, 11) is 1.92. The molecule has 0 bridgehead atoms. The van der Waals surface area contributed by atoms with E-state index in [4.69, 9.17) is 0 Å². The van der Waals surface area contributed by atoms with Crippen LogP contribution in [0.25, 0.3) is 0 Å². The highest BCUT2D eigenvalue weighted by atomic mass is 32.2. The molecule has 3 nitrogen and oxygen atoms in total. The van der Waals surface area contributed by atoms with E-state index in [0.717, 1.165) is 18.2 Å². The molecule has 0 aromatic carbocycles. The number of hydrogen-bond acceptors (Lipinski definition) is 3. The zero-order valence-corrected chi connectivity index (χ0v) is 10.0. The molecule has 0 aliphatic carbocycles. The molecule has 1 aromatic heterocycles. The molecule has 0 radical (unpaired) electrons. The highest BCUT2D eigenvalue weighted by Crippen LogP contribution is 2.09. The van der Waals surface area contributed by atoms with Crippen molar-refractivity contribution in [3.8, 4) is 0 Å². The summed E-state index contributed by atoms with van der Waals surface area (Å²) in [6, 6.07) is 0. The highest BCUT2D eigenvalue weighted by Gasteiger charge is 2.02. The maximum absolute atomic E-state index is 4.37. The van der Waals surface area contributed by atoms with Crippen molar-refractivity contribution in [3.63, 3.8) is 0 Å². The van der Waals surface area contributed by atoms with Gasteiger partial charge in [-0.1, -0.05) is 0 Å². The summed E-state index contributed by atoms with van der Waals surface area (Å²) in [5, 5.41) is 3.10. The smallest absolute Gasteiger partial charge is 0.202 e. The molecule has 0 atom stereocenters. The van der Waals surface area contributed by atoms with Crippen LogP contribution in [-0.2, 0) is 6.54 Å². The lowest BCUT2D eigenvalue weighted by Gasteiger charge is -2.05. The zero-order valence-electron chi connectivity index (χ0n) is 9.21. The van der Waals surface area contributed by atoms with Gasteiger partial charge in [-0.2, -0.15) is 11.8 Å². The zero-order chi connectivity index (χ0) is 10.4. The number of unbranched alkanes of at least 4 members (excludes halogenated alkanes) is 1. The number of rotatable bonds is 6. The first kappa shape index (κ1) is 11.4. The molecule has 1 rings (SSSR count). The van der Waals surface area contributed by atoms with Crippen molar-refractivity contribution in [3.05, 3.63) is 11.9 Å². The number of nitrogens with one attached hydrogen (secondary N) is 1. The van der Waals surface area contributed by atoms with E-state index in [1.807, 2.05) is 25.7 Å². The van der Waals surface area contributed by atoms with Gasteiger partial charge in [0.15, 0.2) is 0 Å². The third-order valence-corrected chi connectivity index (χ3v) is 2.81. The topological polar surface area (TPSA) is 29.9 Å². The van der Waals surface area contributed by atoms with Crippen molar-refractivity contribution in [1.82, 2.24) is 9.55 Å².